The second-order valence-electron chi connectivity index (χ2n) is 3.01. The molecule has 0 unspecified atom stereocenters. The van der Waals surface area contributed by atoms with Crippen molar-refractivity contribution in [3.8, 4) is 11.5 Å². The molecule has 0 bridgehead atoms. The van der Waals surface area contributed by atoms with E-state index >= 15 is 0 Å². The Morgan fingerprint density at radius 2 is 1.93 bits per heavy atom. The molecule has 3 heteroatoms. The molecule has 15 heavy (non-hydrogen) atoms. The summed E-state index contributed by atoms with van der Waals surface area (Å²) < 4.78 is 10.4. The highest BCUT2D eigenvalue weighted by Gasteiger charge is 2.12. The van der Waals surface area contributed by atoms with E-state index in [0.717, 1.165) is 24.3 Å². The van der Waals surface area contributed by atoms with E-state index in [1.165, 1.54) is 5.56 Å². The van der Waals surface area contributed by atoms with E-state index in [4.69, 9.17) is 14.6 Å². The molecule has 3 nitrogen and oxygen atoms in total. The smallest absolute Gasteiger partial charge is 0.231 e. The molecule has 0 atom stereocenters. The molecular weight excluding hydrogens is 192 g/mol. The van der Waals surface area contributed by atoms with Crippen molar-refractivity contribution in [1.82, 2.24) is 0 Å². The van der Waals surface area contributed by atoms with Gasteiger partial charge in [0.2, 0.25) is 6.79 Å². The van der Waals surface area contributed by atoms with Crippen LogP contribution in [0.2, 0.25) is 0 Å². The van der Waals surface area contributed by atoms with Gasteiger partial charge in [0.05, 0.1) is 0 Å². The Bertz CT molecular complexity index is 297. The zero-order valence-electron chi connectivity index (χ0n) is 9.32. The van der Waals surface area contributed by atoms with E-state index in [-0.39, 0.29) is 6.61 Å². The van der Waals surface area contributed by atoms with E-state index < -0.39 is 0 Å². The minimum absolute atomic E-state index is 0.231. The van der Waals surface area contributed by atoms with Gasteiger partial charge in [0.15, 0.2) is 11.5 Å². The molecule has 0 aromatic heterocycles. The number of hydrogen-bond donors (Lipinski definition) is 1. The fourth-order valence-electron chi connectivity index (χ4n) is 1.38. The van der Waals surface area contributed by atoms with Gasteiger partial charge in [-0.25, -0.2) is 0 Å². The molecule has 1 aliphatic rings. The van der Waals surface area contributed by atoms with Crippen molar-refractivity contribution < 1.29 is 14.6 Å². The molecule has 0 spiro atoms. The van der Waals surface area contributed by atoms with E-state index in [0.29, 0.717) is 6.79 Å². The van der Waals surface area contributed by atoms with Crippen LogP contribution in [0, 0.1) is 0 Å². The molecule has 0 fully saturated rings. The molecule has 1 aromatic carbocycles. The minimum atomic E-state index is 0.231. The average molecular weight is 210 g/mol. The van der Waals surface area contributed by atoms with Crippen LogP contribution < -0.4 is 9.47 Å². The molecular formula is C12H18O3. The van der Waals surface area contributed by atoms with Gasteiger partial charge in [-0.15, -0.1) is 0 Å². The molecule has 1 aromatic rings. The SMILES string of the molecule is CC.OCCCc1ccc2c(c1)OCO2. The summed E-state index contributed by atoms with van der Waals surface area (Å²) in [7, 11) is 0. The van der Waals surface area contributed by atoms with E-state index in [1.54, 1.807) is 0 Å². The van der Waals surface area contributed by atoms with Crippen molar-refractivity contribution in [3.63, 3.8) is 0 Å². The van der Waals surface area contributed by atoms with Crippen molar-refractivity contribution in [2.24, 2.45) is 0 Å². The monoisotopic (exact) mass is 210 g/mol. The zero-order valence-corrected chi connectivity index (χ0v) is 9.32. The first-order valence-electron chi connectivity index (χ1n) is 5.39. The topological polar surface area (TPSA) is 38.7 Å². The summed E-state index contributed by atoms with van der Waals surface area (Å²) in [5.41, 5.74) is 1.18. The molecule has 0 amide bonds. The second kappa shape index (κ2) is 6.30. The summed E-state index contributed by atoms with van der Waals surface area (Å²) in [6.07, 6.45) is 1.67. The average Bonchev–Trinajstić information content (AvgIpc) is 2.76. The van der Waals surface area contributed by atoms with Crippen LogP contribution in [0.5, 0.6) is 11.5 Å². The van der Waals surface area contributed by atoms with Crippen molar-refractivity contribution in [2.75, 3.05) is 13.4 Å². The van der Waals surface area contributed by atoms with Crippen LogP contribution >= 0.6 is 0 Å². The second-order valence-corrected chi connectivity index (χ2v) is 3.01. The van der Waals surface area contributed by atoms with Gasteiger partial charge >= 0.3 is 0 Å². The Hall–Kier alpha value is -1.22. The zero-order chi connectivity index (χ0) is 11.1. The predicted molar refractivity (Wildman–Crippen MR) is 59.3 cm³/mol. The Morgan fingerprint density at radius 1 is 1.20 bits per heavy atom. The number of rotatable bonds is 3. The first kappa shape index (κ1) is 11.9. The maximum atomic E-state index is 8.67. The summed E-state index contributed by atoms with van der Waals surface area (Å²) in [6.45, 7) is 4.55. The van der Waals surface area contributed by atoms with Gasteiger partial charge in [-0.1, -0.05) is 19.9 Å². The fraction of sp³-hybridized carbons (Fsp3) is 0.500. The van der Waals surface area contributed by atoms with Crippen LogP contribution in [0.1, 0.15) is 25.8 Å². The third-order valence-electron chi connectivity index (χ3n) is 2.06. The van der Waals surface area contributed by atoms with E-state index in [1.807, 2.05) is 32.0 Å². The summed E-state index contributed by atoms with van der Waals surface area (Å²) in [4.78, 5) is 0. The third kappa shape index (κ3) is 3.13. The first-order chi connectivity index (χ1) is 7.40. The highest BCUT2D eigenvalue weighted by molar-refractivity contribution is 5.44. The first-order valence-corrected chi connectivity index (χ1v) is 5.39. The number of ether oxygens (including phenoxy) is 2. The summed E-state index contributed by atoms with van der Waals surface area (Å²) in [6, 6.07) is 5.89. The fourth-order valence-corrected chi connectivity index (χ4v) is 1.38. The van der Waals surface area contributed by atoms with Crippen LogP contribution in [-0.4, -0.2) is 18.5 Å². The third-order valence-corrected chi connectivity index (χ3v) is 2.06. The van der Waals surface area contributed by atoms with Gasteiger partial charge in [0, 0.05) is 6.61 Å². The van der Waals surface area contributed by atoms with E-state index in [2.05, 4.69) is 0 Å². The molecule has 0 saturated heterocycles. The molecule has 1 heterocycles. The lowest BCUT2D eigenvalue weighted by Crippen LogP contribution is -1.93. The van der Waals surface area contributed by atoms with Crippen LogP contribution in [0.15, 0.2) is 18.2 Å². The molecule has 1 aliphatic heterocycles. The molecule has 0 saturated carbocycles. The Kier molecular flexibility index (Phi) is 4.98. The molecule has 84 valence electrons. The largest absolute Gasteiger partial charge is 0.454 e. The number of aliphatic hydroxyl groups excluding tert-OH is 1. The molecule has 0 aliphatic carbocycles. The standard InChI is InChI=1S/C10H12O3.C2H6/c11-5-1-2-8-3-4-9-10(6-8)13-7-12-9;1-2/h3-4,6,11H,1-2,5,7H2;1-2H3. The van der Waals surface area contributed by atoms with Crippen LogP contribution in [0.25, 0.3) is 0 Å². The van der Waals surface area contributed by atoms with Crippen molar-refractivity contribution in [2.45, 2.75) is 26.7 Å². The maximum absolute atomic E-state index is 8.67. The highest BCUT2D eigenvalue weighted by atomic mass is 16.7. The molecule has 1 N–H and O–H groups in total. The predicted octanol–water partition coefficient (Wildman–Crippen LogP) is 2.37. The normalized spacial score (nSPS) is 11.9. The van der Waals surface area contributed by atoms with Gasteiger partial charge in [-0.3, -0.25) is 0 Å². The van der Waals surface area contributed by atoms with Crippen molar-refractivity contribution in [3.05, 3.63) is 23.8 Å². The summed E-state index contributed by atoms with van der Waals surface area (Å²) >= 11 is 0. The van der Waals surface area contributed by atoms with Gasteiger partial charge in [-0.05, 0) is 30.5 Å². The number of fused-ring (bicyclic) bond motifs is 1. The lowest BCUT2D eigenvalue weighted by atomic mass is 10.1. The van der Waals surface area contributed by atoms with Crippen LogP contribution in [0.3, 0.4) is 0 Å². The summed E-state index contributed by atoms with van der Waals surface area (Å²) in [5.74, 6) is 1.63. The lowest BCUT2D eigenvalue weighted by molar-refractivity contribution is 0.174. The van der Waals surface area contributed by atoms with Crippen molar-refractivity contribution >= 4 is 0 Å². The minimum Gasteiger partial charge on any atom is -0.454 e. The maximum Gasteiger partial charge on any atom is 0.231 e. The quantitative estimate of drug-likeness (QED) is 0.832. The number of hydrogen-bond acceptors (Lipinski definition) is 3. The Morgan fingerprint density at radius 3 is 2.67 bits per heavy atom. The highest BCUT2D eigenvalue weighted by Crippen LogP contribution is 2.32. The molecule has 2 rings (SSSR count). The number of aryl methyl sites for hydroxylation is 1. The van der Waals surface area contributed by atoms with Gasteiger partial charge < -0.3 is 14.6 Å². The van der Waals surface area contributed by atoms with Crippen LogP contribution in [0.4, 0.5) is 0 Å². The Labute approximate surface area is 90.6 Å². The Balaban J connectivity index is 0.000000531. The number of benzene rings is 1. The number of aliphatic hydroxyl groups is 1. The lowest BCUT2D eigenvalue weighted by Gasteiger charge is -2.00. The van der Waals surface area contributed by atoms with Gasteiger partial charge in [0.25, 0.3) is 0 Å². The van der Waals surface area contributed by atoms with Gasteiger partial charge in [-0.2, -0.15) is 0 Å². The van der Waals surface area contributed by atoms with Crippen LogP contribution in [-0.2, 0) is 6.42 Å². The molecule has 0 radical (unpaired) electrons. The van der Waals surface area contributed by atoms with E-state index in [9.17, 15) is 0 Å². The summed E-state index contributed by atoms with van der Waals surface area (Å²) in [5, 5.41) is 8.67. The van der Waals surface area contributed by atoms with Gasteiger partial charge in [0.1, 0.15) is 0 Å². The van der Waals surface area contributed by atoms with Crippen molar-refractivity contribution in [1.29, 1.82) is 0 Å².